The van der Waals surface area contributed by atoms with E-state index in [1.54, 1.807) is 0 Å². The van der Waals surface area contributed by atoms with Crippen molar-refractivity contribution in [2.45, 2.75) is 36.7 Å². The van der Waals surface area contributed by atoms with Gasteiger partial charge in [0.2, 0.25) is 0 Å². The van der Waals surface area contributed by atoms with Crippen LogP contribution in [0, 0.1) is 12.3 Å². The molecular formula is C10H14N2O3S. The lowest BCUT2D eigenvalue weighted by Gasteiger charge is -2.36. The summed E-state index contributed by atoms with van der Waals surface area (Å²) in [4.78, 5) is 4.20. The molecule has 0 aromatic carbocycles. The Morgan fingerprint density at radius 3 is 2.94 bits per heavy atom. The Morgan fingerprint density at radius 2 is 2.31 bits per heavy atom. The van der Waals surface area contributed by atoms with Gasteiger partial charge in [0.1, 0.15) is 23.7 Å². The van der Waals surface area contributed by atoms with Crippen LogP contribution >= 0.6 is 11.8 Å². The number of aliphatic hydroxyl groups excluding tert-OH is 2. The third-order valence-corrected chi connectivity index (χ3v) is 3.69. The molecule has 0 aliphatic carbocycles. The van der Waals surface area contributed by atoms with Gasteiger partial charge < -0.3 is 20.3 Å². The van der Waals surface area contributed by atoms with Crippen molar-refractivity contribution in [2.24, 2.45) is 4.99 Å². The van der Waals surface area contributed by atoms with Gasteiger partial charge >= 0.3 is 0 Å². The Bertz CT molecular complexity index is 341. The molecule has 16 heavy (non-hydrogen) atoms. The van der Waals surface area contributed by atoms with Crippen LogP contribution in [-0.2, 0) is 4.74 Å². The third-order valence-electron chi connectivity index (χ3n) is 2.59. The van der Waals surface area contributed by atoms with Gasteiger partial charge in [-0.25, -0.2) is 0 Å². The molecule has 0 bridgehead atoms. The molecule has 2 aliphatic rings. The minimum atomic E-state index is -1.06. The molecule has 3 N–H and O–H groups in total. The van der Waals surface area contributed by atoms with Gasteiger partial charge in [-0.1, -0.05) is 17.7 Å². The Morgan fingerprint density at radius 1 is 1.56 bits per heavy atom. The molecule has 0 aromatic heterocycles. The number of aliphatic imine (C=N–C) groups is 1. The number of fused-ring (bicyclic) bond motifs is 1. The van der Waals surface area contributed by atoms with Gasteiger partial charge in [-0.2, -0.15) is 0 Å². The Labute approximate surface area is 98.3 Å². The number of hydrogen-bond acceptors (Lipinski definition) is 5. The fourth-order valence-corrected chi connectivity index (χ4v) is 2.95. The number of hydrogen-bond donors (Lipinski definition) is 3. The molecule has 2 heterocycles. The van der Waals surface area contributed by atoms with Crippen LogP contribution in [0.4, 0.5) is 0 Å². The summed E-state index contributed by atoms with van der Waals surface area (Å²) in [6.07, 6.45) is 2.48. The normalized spacial score (nSPS) is 44.9. The molecular weight excluding hydrogens is 228 g/mol. The molecule has 0 amide bonds. The van der Waals surface area contributed by atoms with Crippen molar-refractivity contribution in [3.8, 4) is 12.3 Å². The van der Waals surface area contributed by atoms with E-state index in [2.05, 4.69) is 16.2 Å². The van der Waals surface area contributed by atoms with Gasteiger partial charge in [-0.15, -0.1) is 6.42 Å². The molecule has 0 spiro atoms. The summed E-state index contributed by atoms with van der Waals surface area (Å²) in [5, 5.41) is 23.3. The number of terminal acetylenes is 1. The van der Waals surface area contributed by atoms with Crippen molar-refractivity contribution in [3.63, 3.8) is 0 Å². The maximum atomic E-state index is 9.88. The van der Waals surface area contributed by atoms with E-state index in [0.29, 0.717) is 6.54 Å². The number of nitrogens with one attached hydrogen (secondary N) is 1. The number of nitrogens with zero attached hydrogens (tertiary/aromatic N) is 1. The fourth-order valence-electron chi connectivity index (χ4n) is 1.77. The number of aliphatic hydroxyl groups is 2. The number of ether oxygens (including phenoxy) is 1. The SMILES string of the molecule is C#CC1OC2SC(=NCC)NC2C(O)C1O. The molecule has 0 aromatic rings. The second-order valence-electron chi connectivity index (χ2n) is 3.64. The zero-order valence-electron chi connectivity index (χ0n) is 8.83. The lowest BCUT2D eigenvalue weighted by Crippen LogP contribution is -2.58. The summed E-state index contributed by atoms with van der Waals surface area (Å²) in [6, 6.07) is -0.352. The van der Waals surface area contributed by atoms with Crippen LogP contribution < -0.4 is 5.32 Å². The predicted molar refractivity (Wildman–Crippen MR) is 62.0 cm³/mol. The highest BCUT2D eigenvalue weighted by Gasteiger charge is 2.48. The van der Waals surface area contributed by atoms with Crippen LogP contribution in [0.5, 0.6) is 0 Å². The quantitative estimate of drug-likeness (QED) is 0.522. The van der Waals surface area contributed by atoms with E-state index < -0.39 is 18.3 Å². The van der Waals surface area contributed by atoms with Crippen LogP contribution in [0.3, 0.4) is 0 Å². The molecule has 0 radical (unpaired) electrons. The van der Waals surface area contributed by atoms with Crippen LogP contribution in [0.1, 0.15) is 6.92 Å². The molecule has 2 saturated heterocycles. The topological polar surface area (TPSA) is 74.1 Å². The van der Waals surface area contributed by atoms with E-state index in [1.807, 2.05) is 6.92 Å². The van der Waals surface area contributed by atoms with E-state index in [-0.39, 0.29) is 11.5 Å². The van der Waals surface area contributed by atoms with Crippen LogP contribution in [0.2, 0.25) is 0 Å². The van der Waals surface area contributed by atoms with E-state index in [0.717, 1.165) is 5.17 Å². The summed E-state index contributed by atoms with van der Waals surface area (Å²) < 4.78 is 5.49. The zero-order chi connectivity index (χ0) is 11.7. The van der Waals surface area contributed by atoms with Gasteiger partial charge in [-0.3, -0.25) is 4.99 Å². The van der Waals surface area contributed by atoms with Gasteiger partial charge in [0.25, 0.3) is 0 Å². The summed E-state index contributed by atoms with van der Waals surface area (Å²) in [6.45, 7) is 2.58. The highest BCUT2D eigenvalue weighted by molar-refractivity contribution is 8.14. The number of thioether (sulfide) groups is 1. The Kier molecular flexibility index (Phi) is 3.40. The molecule has 88 valence electrons. The summed E-state index contributed by atoms with van der Waals surface area (Å²) in [5.41, 5.74) is -0.287. The first kappa shape index (κ1) is 11.7. The first-order chi connectivity index (χ1) is 7.67. The Balaban J connectivity index is 2.14. The first-order valence-corrected chi connectivity index (χ1v) is 6.00. The highest BCUT2D eigenvalue weighted by atomic mass is 32.2. The van der Waals surface area contributed by atoms with Gasteiger partial charge in [0, 0.05) is 6.54 Å². The van der Waals surface area contributed by atoms with Gasteiger partial charge in [-0.05, 0) is 6.92 Å². The third kappa shape index (κ3) is 1.92. The van der Waals surface area contributed by atoms with Gasteiger partial charge in [0.15, 0.2) is 5.17 Å². The van der Waals surface area contributed by atoms with E-state index in [4.69, 9.17) is 11.2 Å². The molecule has 2 rings (SSSR count). The largest absolute Gasteiger partial charge is 0.388 e. The number of amidine groups is 1. The van der Waals surface area contributed by atoms with Crippen LogP contribution in [-0.4, -0.2) is 51.7 Å². The summed E-state index contributed by atoms with van der Waals surface area (Å²) in [5.74, 6) is 2.33. The van der Waals surface area contributed by atoms with Crippen molar-refractivity contribution in [3.05, 3.63) is 0 Å². The lowest BCUT2D eigenvalue weighted by molar-refractivity contribution is -0.135. The standard InChI is InChI=1S/C10H14N2O3S/c1-3-5-7(13)8(14)6-9(15-5)16-10(12-6)11-4-2/h1,5-9,13-14H,4H2,2H3,(H,11,12). The first-order valence-electron chi connectivity index (χ1n) is 5.12. The zero-order valence-corrected chi connectivity index (χ0v) is 9.65. The number of rotatable bonds is 1. The average Bonchev–Trinajstić information content (AvgIpc) is 2.67. The predicted octanol–water partition coefficient (Wildman–Crippen LogP) is -0.853. The average molecular weight is 242 g/mol. The van der Waals surface area contributed by atoms with Crippen molar-refractivity contribution in [1.82, 2.24) is 5.32 Å². The lowest BCUT2D eigenvalue weighted by atomic mass is 9.98. The molecule has 5 unspecified atom stereocenters. The van der Waals surface area contributed by atoms with Crippen LogP contribution in [0.25, 0.3) is 0 Å². The second kappa shape index (κ2) is 4.63. The molecule has 5 nitrogen and oxygen atoms in total. The highest BCUT2D eigenvalue weighted by Crippen LogP contribution is 2.33. The molecule has 2 aliphatic heterocycles. The maximum Gasteiger partial charge on any atom is 0.159 e. The van der Waals surface area contributed by atoms with Crippen LogP contribution in [0.15, 0.2) is 4.99 Å². The minimum Gasteiger partial charge on any atom is -0.388 e. The summed E-state index contributed by atoms with van der Waals surface area (Å²) in [7, 11) is 0. The van der Waals surface area contributed by atoms with Crippen molar-refractivity contribution in [1.29, 1.82) is 0 Å². The molecule has 6 heteroatoms. The van der Waals surface area contributed by atoms with E-state index >= 15 is 0 Å². The summed E-state index contributed by atoms with van der Waals surface area (Å²) >= 11 is 1.39. The van der Waals surface area contributed by atoms with Crippen molar-refractivity contribution >= 4 is 16.9 Å². The molecule has 0 saturated carbocycles. The van der Waals surface area contributed by atoms with E-state index in [9.17, 15) is 10.2 Å². The van der Waals surface area contributed by atoms with E-state index in [1.165, 1.54) is 11.8 Å². The fraction of sp³-hybridized carbons (Fsp3) is 0.700. The molecule has 5 atom stereocenters. The monoisotopic (exact) mass is 242 g/mol. The van der Waals surface area contributed by atoms with Crippen molar-refractivity contribution in [2.75, 3.05) is 6.54 Å². The molecule has 2 fully saturated rings. The Hall–Kier alpha value is -0.740. The maximum absolute atomic E-state index is 9.88. The van der Waals surface area contributed by atoms with Crippen molar-refractivity contribution < 1.29 is 14.9 Å². The van der Waals surface area contributed by atoms with Gasteiger partial charge in [0.05, 0.1) is 6.04 Å². The second-order valence-corrected chi connectivity index (χ2v) is 4.73. The smallest absolute Gasteiger partial charge is 0.159 e. The minimum absolute atomic E-state index is 0.287.